The highest BCUT2D eigenvalue weighted by Crippen LogP contribution is 2.30. The second kappa shape index (κ2) is 7.04. The zero-order valence-electron chi connectivity index (χ0n) is 13.1. The molecule has 1 aliphatic rings. The molecular formula is C16H15N5O2S. The van der Waals surface area contributed by atoms with Crippen molar-refractivity contribution in [2.45, 2.75) is 17.7 Å². The van der Waals surface area contributed by atoms with Crippen LogP contribution in [0.5, 0.6) is 0 Å². The lowest BCUT2D eigenvalue weighted by Crippen LogP contribution is -2.18. The first-order valence-corrected chi connectivity index (χ1v) is 9.10. The Labute approximate surface area is 140 Å². The van der Waals surface area contributed by atoms with Gasteiger partial charge in [-0.25, -0.2) is 8.42 Å². The highest BCUT2D eigenvalue weighted by molar-refractivity contribution is 7.90. The maximum absolute atomic E-state index is 12.0. The minimum absolute atomic E-state index is 0.00780. The van der Waals surface area contributed by atoms with Gasteiger partial charge in [-0.15, -0.1) is 0 Å². The van der Waals surface area contributed by atoms with E-state index in [2.05, 4.69) is 10.2 Å². The fourth-order valence-electron chi connectivity index (χ4n) is 2.53. The van der Waals surface area contributed by atoms with Gasteiger partial charge in [-0.05, 0) is 31.0 Å². The van der Waals surface area contributed by atoms with E-state index in [9.17, 15) is 8.42 Å². The Kier molecular flexibility index (Phi) is 5.08. The molecule has 0 spiro atoms. The fourth-order valence-corrected chi connectivity index (χ4v) is 3.35. The predicted molar refractivity (Wildman–Crippen MR) is 88.5 cm³/mol. The molecule has 0 aromatic heterocycles. The molecule has 24 heavy (non-hydrogen) atoms. The van der Waals surface area contributed by atoms with Crippen LogP contribution in [0.1, 0.15) is 12.8 Å². The maximum atomic E-state index is 12.0. The molecule has 1 aromatic carbocycles. The molecule has 1 heterocycles. The van der Waals surface area contributed by atoms with Crippen molar-refractivity contribution in [3.05, 3.63) is 29.5 Å². The maximum Gasteiger partial charge on any atom is 0.177 e. The van der Waals surface area contributed by atoms with Crippen LogP contribution in [0.25, 0.3) is 0 Å². The average Bonchev–Trinajstić information content (AvgIpc) is 3.08. The minimum atomic E-state index is -3.55. The smallest absolute Gasteiger partial charge is 0.177 e. The van der Waals surface area contributed by atoms with Crippen LogP contribution in [0.2, 0.25) is 0 Å². The van der Waals surface area contributed by atoms with Gasteiger partial charge in [0.15, 0.2) is 15.4 Å². The van der Waals surface area contributed by atoms with E-state index >= 15 is 0 Å². The average molecular weight is 341 g/mol. The summed E-state index contributed by atoms with van der Waals surface area (Å²) in [6.07, 6.45) is 3.19. The van der Waals surface area contributed by atoms with Crippen molar-refractivity contribution in [3.8, 4) is 18.2 Å². The minimum Gasteiger partial charge on any atom is -0.371 e. The van der Waals surface area contributed by atoms with Crippen LogP contribution < -0.4 is 10.2 Å². The third kappa shape index (κ3) is 3.65. The van der Waals surface area contributed by atoms with Crippen LogP contribution in [-0.2, 0) is 9.84 Å². The van der Waals surface area contributed by atoms with Gasteiger partial charge in [-0.1, -0.05) is 0 Å². The van der Waals surface area contributed by atoms with E-state index in [1.165, 1.54) is 6.07 Å². The Morgan fingerprint density at radius 3 is 2.25 bits per heavy atom. The van der Waals surface area contributed by atoms with Crippen molar-refractivity contribution >= 4 is 21.2 Å². The third-order valence-corrected chi connectivity index (χ3v) is 4.83. The molecule has 1 fully saturated rings. The van der Waals surface area contributed by atoms with Crippen LogP contribution in [0, 0.1) is 34.0 Å². The van der Waals surface area contributed by atoms with Gasteiger partial charge in [0.25, 0.3) is 0 Å². The Bertz CT molecular complexity index is 891. The first-order chi connectivity index (χ1) is 11.4. The van der Waals surface area contributed by atoms with Crippen molar-refractivity contribution in [3.63, 3.8) is 0 Å². The lowest BCUT2D eigenvalue weighted by atomic mass is 10.2. The number of hydrogen-bond acceptors (Lipinski definition) is 7. The van der Waals surface area contributed by atoms with Gasteiger partial charge in [0.1, 0.15) is 23.9 Å². The Balaban J connectivity index is 2.55. The Morgan fingerprint density at radius 1 is 1.12 bits per heavy atom. The highest BCUT2D eigenvalue weighted by atomic mass is 32.2. The van der Waals surface area contributed by atoms with Gasteiger partial charge < -0.3 is 10.2 Å². The topological polar surface area (TPSA) is 121 Å². The number of hydrogen-bond donors (Lipinski definition) is 1. The summed E-state index contributed by atoms with van der Waals surface area (Å²) in [4.78, 5) is 2.12. The van der Waals surface area contributed by atoms with Crippen molar-refractivity contribution in [1.82, 2.24) is 0 Å². The summed E-state index contributed by atoms with van der Waals surface area (Å²) >= 11 is 0. The van der Waals surface area contributed by atoms with Gasteiger partial charge in [-0.2, -0.15) is 15.8 Å². The molecule has 2 rings (SSSR count). The van der Waals surface area contributed by atoms with Crippen LogP contribution >= 0.6 is 0 Å². The molecule has 1 N–H and O–H groups in total. The Morgan fingerprint density at radius 2 is 1.75 bits per heavy atom. The summed E-state index contributed by atoms with van der Waals surface area (Å²) in [5.41, 5.74) is 0.337. The number of benzene rings is 1. The third-order valence-electron chi connectivity index (χ3n) is 3.68. The summed E-state index contributed by atoms with van der Waals surface area (Å²) in [5, 5.41) is 29.6. The van der Waals surface area contributed by atoms with Crippen LogP contribution in [-0.4, -0.2) is 27.8 Å². The monoisotopic (exact) mass is 341 g/mol. The lowest BCUT2D eigenvalue weighted by molar-refractivity contribution is 0.602. The summed E-state index contributed by atoms with van der Waals surface area (Å²) in [6.45, 7) is 1.75. The normalized spacial score (nSPS) is 13.5. The molecule has 0 saturated carbocycles. The molecule has 0 bridgehead atoms. The molecular weight excluding hydrogens is 326 g/mol. The molecule has 0 atom stereocenters. The van der Waals surface area contributed by atoms with Crippen LogP contribution in [0.4, 0.5) is 11.4 Å². The number of allylic oxidation sites excluding steroid dienone is 2. The summed E-state index contributed by atoms with van der Waals surface area (Å²) in [5.74, 6) is 0. The van der Waals surface area contributed by atoms with Crippen molar-refractivity contribution in [2.24, 2.45) is 0 Å². The molecule has 0 amide bonds. The molecule has 1 aliphatic heterocycles. The van der Waals surface area contributed by atoms with Gasteiger partial charge >= 0.3 is 0 Å². The van der Waals surface area contributed by atoms with E-state index in [1.807, 2.05) is 0 Å². The fraction of sp³-hybridized carbons (Fsp3) is 0.312. The number of anilines is 2. The largest absolute Gasteiger partial charge is 0.371 e. The van der Waals surface area contributed by atoms with E-state index in [0.717, 1.165) is 37.9 Å². The standard InChI is InChI=1S/C16H15N5O2S/c1-24(22,23)16-5-4-13(21-6-2-3-7-21)8-14(16)20-15(11-19)12(9-17)10-18/h4-5,8,20H,2-3,6-7H2,1H3. The van der Waals surface area contributed by atoms with Gasteiger partial charge in [0.2, 0.25) is 0 Å². The van der Waals surface area contributed by atoms with Gasteiger partial charge in [0, 0.05) is 25.0 Å². The van der Waals surface area contributed by atoms with Gasteiger partial charge in [0.05, 0.1) is 10.6 Å². The summed E-state index contributed by atoms with van der Waals surface area (Å²) in [7, 11) is -3.55. The number of sulfone groups is 1. The first kappa shape index (κ1) is 17.3. The summed E-state index contributed by atoms with van der Waals surface area (Å²) < 4.78 is 24.0. The number of nitriles is 3. The van der Waals surface area contributed by atoms with E-state index in [0.29, 0.717) is 0 Å². The van der Waals surface area contributed by atoms with Crippen LogP contribution in [0.15, 0.2) is 34.4 Å². The second-order valence-electron chi connectivity index (χ2n) is 5.36. The SMILES string of the molecule is CS(=O)(=O)c1ccc(N2CCCC2)cc1NC(C#N)=C(C#N)C#N. The first-order valence-electron chi connectivity index (χ1n) is 7.21. The quantitative estimate of drug-likeness (QED) is 0.830. The molecule has 0 radical (unpaired) electrons. The molecule has 7 nitrogen and oxygen atoms in total. The van der Waals surface area contributed by atoms with Crippen molar-refractivity contribution < 1.29 is 8.42 Å². The van der Waals surface area contributed by atoms with Gasteiger partial charge in [-0.3, -0.25) is 0 Å². The zero-order valence-corrected chi connectivity index (χ0v) is 13.9. The molecule has 0 aliphatic carbocycles. The Hall–Kier alpha value is -3.02. The number of nitrogens with one attached hydrogen (secondary N) is 1. The highest BCUT2D eigenvalue weighted by Gasteiger charge is 2.19. The predicted octanol–water partition coefficient (Wildman–Crippen LogP) is 1.93. The molecule has 8 heteroatoms. The molecule has 0 unspecified atom stereocenters. The lowest BCUT2D eigenvalue weighted by Gasteiger charge is -2.20. The van der Waals surface area contributed by atoms with Crippen LogP contribution in [0.3, 0.4) is 0 Å². The number of rotatable bonds is 4. The van der Waals surface area contributed by atoms with E-state index < -0.39 is 15.4 Å². The van der Waals surface area contributed by atoms with E-state index in [-0.39, 0.29) is 16.3 Å². The summed E-state index contributed by atoms with van der Waals surface area (Å²) in [6, 6.07) is 9.81. The second-order valence-corrected chi connectivity index (χ2v) is 7.34. The van der Waals surface area contributed by atoms with Crippen molar-refractivity contribution in [1.29, 1.82) is 15.8 Å². The molecule has 1 saturated heterocycles. The zero-order chi connectivity index (χ0) is 17.7. The number of nitrogens with zero attached hydrogens (tertiary/aromatic N) is 4. The molecule has 122 valence electrons. The van der Waals surface area contributed by atoms with Crippen molar-refractivity contribution in [2.75, 3.05) is 29.6 Å². The van der Waals surface area contributed by atoms with E-state index in [4.69, 9.17) is 15.8 Å². The van der Waals surface area contributed by atoms with E-state index in [1.54, 1.807) is 30.3 Å². The molecule has 1 aromatic rings.